The van der Waals surface area contributed by atoms with E-state index < -0.39 is 0 Å². The highest BCUT2D eigenvalue weighted by molar-refractivity contribution is 6.07. The van der Waals surface area contributed by atoms with Gasteiger partial charge in [0.15, 0.2) is 5.65 Å². The van der Waals surface area contributed by atoms with E-state index in [0.717, 1.165) is 58.8 Å². The van der Waals surface area contributed by atoms with Gasteiger partial charge in [-0.25, -0.2) is 4.98 Å². The number of rotatable bonds is 4. The lowest BCUT2D eigenvalue weighted by Gasteiger charge is -2.32. The van der Waals surface area contributed by atoms with Crippen molar-refractivity contribution < 1.29 is 9.53 Å². The molecule has 2 aromatic carbocycles. The molecule has 1 aliphatic heterocycles. The lowest BCUT2D eigenvalue weighted by molar-refractivity contribution is 0.0706. The van der Waals surface area contributed by atoms with Crippen LogP contribution in [-0.2, 0) is 0 Å². The monoisotopic (exact) mass is 463 g/mol. The van der Waals surface area contributed by atoms with Crippen molar-refractivity contribution >= 4 is 22.5 Å². The largest absolute Gasteiger partial charge is 0.497 e. The van der Waals surface area contributed by atoms with Gasteiger partial charge in [-0.05, 0) is 61.4 Å². The van der Waals surface area contributed by atoms with Crippen molar-refractivity contribution in [1.82, 2.24) is 24.5 Å². The summed E-state index contributed by atoms with van der Waals surface area (Å²) in [6, 6.07) is 23.4. The number of hydrogen-bond acceptors (Lipinski definition) is 5. The summed E-state index contributed by atoms with van der Waals surface area (Å²) in [7, 11) is 1.65. The van der Waals surface area contributed by atoms with Gasteiger partial charge >= 0.3 is 0 Å². The molecule has 0 bridgehead atoms. The fourth-order valence-corrected chi connectivity index (χ4v) is 4.94. The third-order valence-electron chi connectivity index (χ3n) is 6.75. The Balaban J connectivity index is 1.36. The van der Waals surface area contributed by atoms with Gasteiger partial charge in [0.25, 0.3) is 5.91 Å². The lowest BCUT2D eigenvalue weighted by atomic mass is 9.95. The van der Waals surface area contributed by atoms with E-state index in [4.69, 9.17) is 9.72 Å². The number of carbonyl (C=O) groups is 1. The fraction of sp³-hybridized carbons (Fsp3) is 0.214. The van der Waals surface area contributed by atoms with E-state index in [0.29, 0.717) is 12.1 Å². The van der Waals surface area contributed by atoms with Crippen molar-refractivity contribution in [3.8, 4) is 17.0 Å². The minimum Gasteiger partial charge on any atom is -0.497 e. The zero-order chi connectivity index (χ0) is 23.8. The molecule has 7 heteroatoms. The third kappa shape index (κ3) is 3.89. The van der Waals surface area contributed by atoms with Gasteiger partial charge in [0.1, 0.15) is 11.6 Å². The first kappa shape index (κ1) is 21.3. The molecule has 0 saturated carbocycles. The molecular formula is C28H25N5O2. The molecule has 0 N–H and O–H groups in total. The Bertz CT molecular complexity index is 1530. The molecule has 7 nitrogen and oxygen atoms in total. The molecule has 0 aliphatic carbocycles. The van der Waals surface area contributed by atoms with Gasteiger partial charge in [0.05, 0.1) is 23.9 Å². The van der Waals surface area contributed by atoms with E-state index in [1.165, 1.54) is 0 Å². The Morgan fingerprint density at radius 1 is 1.00 bits per heavy atom. The molecule has 3 aromatic heterocycles. The number of nitrogens with zero attached hydrogens (tertiary/aromatic N) is 5. The molecule has 4 heterocycles. The molecule has 0 unspecified atom stereocenters. The fourth-order valence-electron chi connectivity index (χ4n) is 4.94. The van der Waals surface area contributed by atoms with Gasteiger partial charge in [0.2, 0.25) is 0 Å². The van der Waals surface area contributed by atoms with Crippen molar-refractivity contribution in [3.63, 3.8) is 0 Å². The van der Waals surface area contributed by atoms with Gasteiger partial charge < -0.3 is 9.64 Å². The van der Waals surface area contributed by atoms with Gasteiger partial charge in [-0.2, -0.15) is 0 Å². The predicted octanol–water partition coefficient (Wildman–Crippen LogP) is 4.97. The summed E-state index contributed by atoms with van der Waals surface area (Å²) in [4.78, 5) is 20.7. The number of benzene rings is 2. The van der Waals surface area contributed by atoms with E-state index in [1.807, 2.05) is 88.3 Å². The van der Waals surface area contributed by atoms with Crippen molar-refractivity contribution in [1.29, 1.82) is 0 Å². The van der Waals surface area contributed by atoms with Crippen LogP contribution in [0.3, 0.4) is 0 Å². The molecule has 1 aliphatic rings. The number of aromatic nitrogens is 4. The Hall–Kier alpha value is -4.26. The summed E-state index contributed by atoms with van der Waals surface area (Å²) in [6.45, 7) is 1.34. The molecule has 174 valence electrons. The molecule has 1 fully saturated rings. The quantitative estimate of drug-likeness (QED) is 0.376. The maximum absolute atomic E-state index is 13.9. The minimum absolute atomic E-state index is 0.0249. The Labute approximate surface area is 203 Å². The van der Waals surface area contributed by atoms with Crippen LogP contribution >= 0.6 is 0 Å². The normalized spacial score (nSPS) is 16.0. The molecule has 0 spiro atoms. The van der Waals surface area contributed by atoms with Crippen LogP contribution in [0.5, 0.6) is 5.75 Å². The maximum atomic E-state index is 13.9. The molecule has 5 aromatic rings. The first-order valence-corrected chi connectivity index (χ1v) is 11.8. The molecule has 6 rings (SSSR count). The van der Waals surface area contributed by atoms with Crippen LogP contribution < -0.4 is 4.74 Å². The van der Waals surface area contributed by atoms with Crippen molar-refractivity contribution in [3.05, 3.63) is 90.4 Å². The molecule has 1 atom stereocenters. The SMILES string of the molecule is COc1ccc(-c2cc(C(=O)N3CCC[C@H](c4nnc5ccccn45)C3)c3ccccc3n2)cc1. The molecule has 1 saturated heterocycles. The second-order valence-electron chi connectivity index (χ2n) is 8.88. The van der Waals surface area contributed by atoms with Crippen LogP contribution in [0.4, 0.5) is 0 Å². The summed E-state index contributed by atoms with van der Waals surface area (Å²) in [5.41, 5.74) is 4.02. The molecule has 35 heavy (non-hydrogen) atoms. The second-order valence-corrected chi connectivity index (χ2v) is 8.88. The number of piperidine rings is 1. The Kier molecular flexibility index (Phi) is 5.37. The van der Waals surface area contributed by atoms with E-state index in [1.54, 1.807) is 7.11 Å². The number of ether oxygens (including phenoxy) is 1. The summed E-state index contributed by atoms with van der Waals surface area (Å²) in [5, 5.41) is 9.64. The summed E-state index contributed by atoms with van der Waals surface area (Å²) in [5.74, 6) is 1.86. The summed E-state index contributed by atoms with van der Waals surface area (Å²) < 4.78 is 7.32. The highest BCUT2D eigenvalue weighted by atomic mass is 16.5. The number of carbonyl (C=O) groups excluding carboxylic acids is 1. The standard InChI is InChI=1S/C28H25N5O2/c1-35-21-13-11-19(12-14-21)25-17-23(22-8-2-3-9-24(22)29-25)28(34)32-15-6-7-20(18-32)27-31-30-26-10-4-5-16-33(26)27/h2-5,8-14,16-17,20H,6-7,15,18H2,1H3/t20-/m0/s1. The molecule has 1 amide bonds. The van der Waals surface area contributed by atoms with Gasteiger partial charge in [-0.3, -0.25) is 9.20 Å². The first-order valence-electron chi connectivity index (χ1n) is 11.8. The lowest BCUT2D eigenvalue weighted by Crippen LogP contribution is -2.39. The Morgan fingerprint density at radius 2 is 1.83 bits per heavy atom. The number of likely N-dealkylation sites (tertiary alicyclic amines) is 1. The Morgan fingerprint density at radius 3 is 2.69 bits per heavy atom. The zero-order valence-corrected chi connectivity index (χ0v) is 19.5. The average Bonchev–Trinajstić information content (AvgIpc) is 3.36. The number of pyridine rings is 2. The van der Waals surface area contributed by atoms with Crippen LogP contribution in [0.15, 0.2) is 79.0 Å². The van der Waals surface area contributed by atoms with Crippen molar-refractivity contribution in [2.75, 3.05) is 20.2 Å². The highest BCUT2D eigenvalue weighted by Crippen LogP contribution is 2.30. The van der Waals surface area contributed by atoms with Gasteiger partial charge in [-0.15, -0.1) is 10.2 Å². The summed E-state index contributed by atoms with van der Waals surface area (Å²) in [6.07, 6.45) is 3.89. The van der Waals surface area contributed by atoms with Crippen molar-refractivity contribution in [2.24, 2.45) is 0 Å². The van der Waals surface area contributed by atoms with Crippen LogP contribution in [0, 0.1) is 0 Å². The second kappa shape index (κ2) is 8.83. The van der Waals surface area contributed by atoms with Gasteiger partial charge in [0, 0.05) is 36.2 Å². The molecular weight excluding hydrogens is 438 g/mol. The van der Waals surface area contributed by atoms with Crippen LogP contribution in [-0.4, -0.2) is 50.6 Å². The van der Waals surface area contributed by atoms with Crippen LogP contribution in [0.2, 0.25) is 0 Å². The first-order chi connectivity index (χ1) is 17.2. The van der Waals surface area contributed by atoms with E-state index in [9.17, 15) is 4.79 Å². The number of amides is 1. The van der Waals surface area contributed by atoms with E-state index >= 15 is 0 Å². The average molecular weight is 464 g/mol. The number of hydrogen-bond donors (Lipinski definition) is 0. The smallest absolute Gasteiger partial charge is 0.254 e. The highest BCUT2D eigenvalue weighted by Gasteiger charge is 2.29. The van der Waals surface area contributed by atoms with Gasteiger partial charge in [-0.1, -0.05) is 24.3 Å². The van der Waals surface area contributed by atoms with E-state index in [2.05, 4.69) is 10.2 Å². The van der Waals surface area contributed by atoms with Crippen molar-refractivity contribution in [2.45, 2.75) is 18.8 Å². The predicted molar refractivity (Wildman–Crippen MR) is 135 cm³/mol. The number of para-hydroxylation sites is 1. The summed E-state index contributed by atoms with van der Waals surface area (Å²) >= 11 is 0. The van der Waals surface area contributed by atoms with Crippen LogP contribution in [0.1, 0.15) is 34.9 Å². The van der Waals surface area contributed by atoms with Crippen LogP contribution in [0.25, 0.3) is 27.8 Å². The maximum Gasteiger partial charge on any atom is 0.254 e. The number of methoxy groups -OCH3 is 1. The number of fused-ring (bicyclic) bond motifs is 2. The minimum atomic E-state index is 0.0249. The zero-order valence-electron chi connectivity index (χ0n) is 19.5. The topological polar surface area (TPSA) is 72.6 Å². The third-order valence-corrected chi connectivity index (χ3v) is 6.75. The molecule has 0 radical (unpaired) electrons. The van der Waals surface area contributed by atoms with E-state index in [-0.39, 0.29) is 11.8 Å².